The monoisotopic (exact) mass is 290 g/mol. The molecule has 0 radical (unpaired) electrons. The van der Waals surface area contributed by atoms with Crippen LogP contribution >= 0.6 is 0 Å². The largest absolute Gasteiger partial charge is 0.329 e. The molecule has 1 N–H and O–H groups in total. The molecule has 1 aliphatic rings. The SMILES string of the molecule is C=C(C)C[NH+]1CCN(C(=O)c2ccc([N+](=O)[O-])cc2)CC1. The Labute approximate surface area is 123 Å². The molecule has 0 bridgehead atoms. The van der Waals surface area contributed by atoms with Crippen LogP contribution in [-0.4, -0.2) is 48.5 Å². The van der Waals surface area contributed by atoms with E-state index in [4.69, 9.17) is 0 Å². The number of carbonyl (C=O) groups excluding carboxylic acids is 1. The predicted octanol–water partition coefficient (Wildman–Crippen LogP) is 0.512. The van der Waals surface area contributed by atoms with E-state index in [0.29, 0.717) is 18.7 Å². The van der Waals surface area contributed by atoms with Crippen molar-refractivity contribution < 1.29 is 14.6 Å². The Bertz CT molecular complexity index is 546. The first-order valence-corrected chi connectivity index (χ1v) is 6.99. The maximum atomic E-state index is 12.3. The number of nitrogens with one attached hydrogen (secondary N) is 1. The first kappa shape index (κ1) is 15.2. The Morgan fingerprint density at radius 2 is 1.90 bits per heavy atom. The van der Waals surface area contributed by atoms with Crippen molar-refractivity contribution in [3.63, 3.8) is 0 Å². The molecule has 0 saturated carbocycles. The molecular weight excluding hydrogens is 270 g/mol. The van der Waals surface area contributed by atoms with Gasteiger partial charge in [-0.3, -0.25) is 14.9 Å². The zero-order valence-electron chi connectivity index (χ0n) is 12.2. The summed E-state index contributed by atoms with van der Waals surface area (Å²) in [6.45, 7) is 10.1. The molecule has 0 atom stereocenters. The summed E-state index contributed by atoms with van der Waals surface area (Å²) in [4.78, 5) is 25.7. The van der Waals surface area contributed by atoms with Crippen LogP contribution in [0, 0.1) is 10.1 Å². The molecule has 6 nitrogen and oxygen atoms in total. The van der Waals surface area contributed by atoms with E-state index in [1.807, 2.05) is 11.8 Å². The molecule has 1 aliphatic heterocycles. The summed E-state index contributed by atoms with van der Waals surface area (Å²) < 4.78 is 0. The topological polar surface area (TPSA) is 67.9 Å². The van der Waals surface area contributed by atoms with Crippen LogP contribution in [0.5, 0.6) is 0 Å². The minimum Gasteiger partial charge on any atom is -0.329 e. The number of non-ortho nitro benzene ring substituents is 1. The molecule has 1 fully saturated rings. The Balaban J connectivity index is 1.95. The number of hydrogen-bond donors (Lipinski definition) is 1. The molecule has 1 aromatic carbocycles. The highest BCUT2D eigenvalue weighted by atomic mass is 16.6. The Morgan fingerprint density at radius 3 is 2.38 bits per heavy atom. The van der Waals surface area contributed by atoms with Crippen molar-refractivity contribution in [2.45, 2.75) is 6.92 Å². The van der Waals surface area contributed by atoms with Crippen LogP contribution in [0.4, 0.5) is 5.69 Å². The van der Waals surface area contributed by atoms with Crippen LogP contribution < -0.4 is 4.90 Å². The fourth-order valence-electron chi connectivity index (χ4n) is 2.54. The molecule has 0 unspecified atom stereocenters. The molecule has 6 heteroatoms. The van der Waals surface area contributed by atoms with Gasteiger partial charge in [0.1, 0.15) is 0 Å². The van der Waals surface area contributed by atoms with Crippen LogP contribution in [-0.2, 0) is 0 Å². The highest BCUT2D eigenvalue weighted by Crippen LogP contribution is 2.13. The molecule has 0 aliphatic carbocycles. The molecule has 2 rings (SSSR count). The molecular formula is C15H20N3O3+. The second-order valence-electron chi connectivity index (χ2n) is 5.48. The van der Waals surface area contributed by atoms with Gasteiger partial charge in [0.25, 0.3) is 11.6 Å². The molecule has 21 heavy (non-hydrogen) atoms. The Kier molecular flexibility index (Phi) is 4.70. The van der Waals surface area contributed by atoms with Crippen LogP contribution in [0.2, 0.25) is 0 Å². The minimum absolute atomic E-state index is 0.00210. The number of quaternary nitrogens is 1. The van der Waals surface area contributed by atoms with Gasteiger partial charge in [-0.05, 0) is 24.6 Å². The quantitative estimate of drug-likeness (QED) is 0.499. The number of nitrogens with zero attached hydrogens (tertiary/aromatic N) is 2. The van der Waals surface area contributed by atoms with E-state index in [-0.39, 0.29) is 11.6 Å². The highest BCUT2D eigenvalue weighted by molar-refractivity contribution is 5.94. The number of rotatable bonds is 4. The number of amides is 1. The lowest BCUT2D eigenvalue weighted by Crippen LogP contribution is -3.15. The van der Waals surface area contributed by atoms with Gasteiger partial charge in [0.2, 0.25) is 0 Å². The van der Waals surface area contributed by atoms with Gasteiger partial charge in [0.15, 0.2) is 0 Å². The Hall–Kier alpha value is -2.21. The van der Waals surface area contributed by atoms with E-state index < -0.39 is 4.92 Å². The second kappa shape index (κ2) is 6.49. The van der Waals surface area contributed by atoms with Crippen molar-refractivity contribution >= 4 is 11.6 Å². The summed E-state index contributed by atoms with van der Waals surface area (Å²) >= 11 is 0. The van der Waals surface area contributed by atoms with Gasteiger partial charge in [-0.2, -0.15) is 0 Å². The average Bonchev–Trinajstić information content (AvgIpc) is 2.47. The summed E-state index contributed by atoms with van der Waals surface area (Å²) in [6.07, 6.45) is 0. The summed E-state index contributed by atoms with van der Waals surface area (Å²) in [7, 11) is 0. The van der Waals surface area contributed by atoms with Crippen LogP contribution in [0.3, 0.4) is 0 Å². The summed E-state index contributed by atoms with van der Waals surface area (Å²) in [5.74, 6) is -0.0562. The lowest BCUT2D eigenvalue weighted by Gasteiger charge is -2.32. The molecule has 0 aromatic heterocycles. The minimum atomic E-state index is -0.464. The van der Waals surface area contributed by atoms with Crippen molar-refractivity contribution in [3.05, 3.63) is 52.1 Å². The van der Waals surface area contributed by atoms with Gasteiger partial charge in [-0.25, -0.2) is 0 Å². The second-order valence-corrected chi connectivity index (χ2v) is 5.48. The standard InChI is InChI=1S/C15H19N3O3/c1-12(2)11-16-7-9-17(10-8-16)15(19)13-3-5-14(6-4-13)18(20)21/h3-6H,1,7-11H2,2H3/p+1. The van der Waals surface area contributed by atoms with Crippen molar-refractivity contribution in [1.29, 1.82) is 0 Å². The van der Waals surface area contributed by atoms with Crippen molar-refractivity contribution in [2.24, 2.45) is 0 Å². The maximum absolute atomic E-state index is 12.3. The normalized spacial score (nSPS) is 15.8. The van der Waals surface area contributed by atoms with Gasteiger partial charge in [-0.15, -0.1) is 0 Å². The lowest BCUT2D eigenvalue weighted by atomic mass is 10.1. The molecule has 112 valence electrons. The third-order valence-electron chi connectivity index (χ3n) is 3.63. The fraction of sp³-hybridized carbons (Fsp3) is 0.400. The van der Waals surface area contributed by atoms with Crippen LogP contribution in [0.25, 0.3) is 0 Å². The van der Waals surface area contributed by atoms with E-state index in [9.17, 15) is 14.9 Å². The first-order chi connectivity index (χ1) is 9.97. The first-order valence-electron chi connectivity index (χ1n) is 6.99. The smallest absolute Gasteiger partial charge is 0.269 e. The summed E-state index contributed by atoms with van der Waals surface area (Å²) in [5, 5.41) is 10.6. The molecule has 1 aromatic rings. The number of benzene rings is 1. The number of carbonyl (C=O) groups is 1. The van der Waals surface area contributed by atoms with Crippen LogP contribution in [0.1, 0.15) is 17.3 Å². The predicted molar refractivity (Wildman–Crippen MR) is 79.4 cm³/mol. The summed E-state index contributed by atoms with van der Waals surface area (Å²) in [5.41, 5.74) is 1.66. The zero-order chi connectivity index (χ0) is 15.4. The van der Waals surface area contributed by atoms with Gasteiger partial charge in [-0.1, -0.05) is 6.58 Å². The molecule has 1 heterocycles. The van der Waals surface area contributed by atoms with E-state index >= 15 is 0 Å². The maximum Gasteiger partial charge on any atom is 0.269 e. The zero-order valence-corrected chi connectivity index (χ0v) is 12.2. The number of nitro benzene ring substituents is 1. The Morgan fingerprint density at radius 1 is 1.33 bits per heavy atom. The third-order valence-corrected chi connectivity index (χ3v) is 3.63. The molecule has 1 saturated heterocycles. The highest BCUT2D eigenvalue weighted by Gasteiger charge is 2.24. The lowest BCUT2D eigenvalue weighted by molar-refractivity contribution is -0.899. The molecule has 0 spiro atoms. The van der Waals surface area contributed by atoms with Crippen molar-refractivity contribution in [3.8, 4) is 0 Å². The van der Waals surface area contributed by atoms with Gasteiger partial charge >= 0.3 is 0 Å². The van der Waals surface area contributed by atoms with Gasteiger partial charge in [0.05, 0.1) is 37.6 Å². The fourth-order valence-corrected chi connectivity index (χ4v) is 2.54. The van der Waals surface area contributed by atoms with E-state index in [2.05, 4.69) is 6.58 Å². The molecule has 1 amide bonds. The number of hydrogen-bond acceptors (Lipinski definition) is 3. The number of piperazine rings is 1. The average molecular weight is 290 g/mol. The third kappa shape index (κ3) is 3.88. The van der Waals surface area contributed by atoms with Gasteiger partial charge < -0.3 is 9.80 Å². The van der Waals surface area contributed by atoms with Crippen LogP contribution in [0.15, 0.2) is 36.4 Å². The summed E-state index contributed by atoms with van der Waals surface area (Å²) in [6, 6.07) is 5.78. The van der Waals surface area contributed by atoms with E-state index in [1.54, 1.807) is 0 Å². The van der Waals surface area contributed by atoms with Gasteiger partial charge in [0, 0.05) is 17.7 Å². The van der Waals surface area contributed by atoms with E-state index in [0.717, 1.165) is 25.2 Å². The van der Waals surface area contributed by atoms with E-state index in [1.165, 1.54) is 29.2 Å². The van der Waals surface area contributed by atoms with Crippen molar-refractivity contribution in [2.75, 3.05) is 32.7 Å². The number of nitro groups is 1. The van der Waals surface area contributed by atoms with Crippen molar-refractivity contribution in [1.82, 2.24) is 4.90 Å².